The molecule has 0 unspecified atom stereocenters. The van der Waals surface area contributed by atoms with Gasteiger partial charge in [0.1, 0.15) is 6.54 Å². The Hall–Kier alpha value is -2.57. The van der Waals surface area contributed by atoms with Gasteiger partial charge in [-0.3, -0.25) is 14.2 Å². The molecule has 0 spiro atoms. The van der Waals surface area contributed by atoms with Crippen LogP contribution in [0.5, 0.6) is 0 Å². The molecule has 7 heteroatoms. The Bertz CT molecular complexity index is 713. The molecule has 0 saturated heterocycles. The summed E-state index contributed by atoms with van der Waals surface area (Å²) in [5.41, 5.74) is 1.30. The number of likely N-dealkylation sites (N-methyl/N-ethyl adjacent to an activating group) is 1. The molecule has 0 aliphatic carbocycles. The first-order valence-electron chi connectivity index (χ1n) is 5.56. The third kappa shape index (κ3) is 2.35. The van der Waals surface area contributed by atoms with Gasteiger partial charge >= 0.3 is 11.7 Å². The van der Waals surface area contributed by atoms with Crippen LogP contribution in [0.25, 0.3) is 11.0 Å². The van der Waals surface area contributed by atoms with Gasteiger partial charge in [0.05, 0.1) is 11.0 Å². The van der Waals surface area contributed by atoms with Crippen LogP contribution in [0.1, 0.15) is 10.4 Å². The second-order valence-electron chi connectivity index (χ2n) is 4.28. The first kappa shape index (κ1) is 12.9. The molecule has 19 heavy (non-hydrogen) atoms. The standard InChI is InChI=1S/C12H13N3O4/c1-14(6-10(16)17)11(18)7-3-4-8-9(5-7)15(2)12(19)13-8/h3-5H,6H2,1-2H3,(H,13,19)(H,16,17). The average Bonchev–Trinajstić information content (AvgIpc) is 2.63. The van der Waals surface area contributed by atoms with Gasteiger partial charge in [-0.05, 0) is 18.2 Å². The van der Waals surface area contributed by atoms with Crippen molar-refractivity contribution < 1.29 is 14.7 Å². The molecule has 1 amide bonds. The number of carbonyl (C=O) groups excluding carboxylic acids is 1. The molecule has 0 aliphatic heterocycles. The number of aliphatic carboxylic acids is 1. The highest BCUT2D eigenvalue weighted by Gasteiger charge is 2.15. The van der Waals surface area contributed by atoms with E-state index in [0.29, 0.717) is 16.6 Å². The largest absolute Gasteiger partial charge is 0.480 e. The van der Waals surface area contributed by atoms with Crippen molar-refractivity contribution in [1.82, 2.24) is 14.5 Å². The number of hydrogen-bond acceptors (Lipinski definition) is 3. The minimum Gasteiger partial charge on any atom is -0.480 e. The van der Waals surface area contributed by atoms with Crippen LogP contribution in [0, 0.1) is 0 Å². The number of H-pyrrole nitrogens is 1. The molecule has 2 aromatic rings. The van der Waals surface area contributed by atoms with Crippen LogP contribution < -0.4 is 5.69 Å². The number of carbonyl (C=O) groups is 2. The summed E-state index contributed by atoms with van der Waals surface area (Å²) in [5.74, 6) is -1.48. The summed E-state index contributed by atoms with van der Waals surface area (Å²) < 4.78 is 1.39. The van der Waals surface area contributed by atoms with Gasteiger partial charge in [0, 0.05) is 19.7 Å². The minimum atomic E-state index is -1.08. The zero-order valence-electron chi connectivity index (χ0n) is 10.5. The molecular formula is C12H13N3O4. The van der Waals surface area contributed by atoms with Crippen molar-refractivity contribution in [2.24, 2.45) is 7.05 Å². The number of amides is 1. The molecule has 7 nitrogen and oxygen atoms in total. The van der Waals surface area contributed by atoms with Crippen molar-refractivity contribution in [1.29, 1.82) is 0 Å². The molecular weight excluding hydrogens is 250 g/mol. The third-order valence-electron chi connectivity index (χ3n) is 2.87. The predicted molar refractivity (Wildman–Crippen MR) is 68.1 cm³/mol. The number of aromatic amines is 1. The smallest absolute Gasteiger partial charge is 0.326 e. The number of fused-ring (bicyclic) bond motifs is 1. The minimum absolute atomic E-state index is 0.265. The molecule has 0 saturated carbocycles. The van der Waals surface area contributed by atoms with Gasteiger partial charge in [-0.15, -0.1) is 0 Å². The molecule has 2 rings (SSSR count). The van der Waals surface area contributed by atoms with Crippen LogP contribution in [0.4, 0.5) is 0 Å². The zero-order valence-corrected chi connectivity index (χ0v) is 10.5. The number of rotatable bonds is 3. The third-order valence-corrected chi connectivity index (χ3v) is 2.87. The van der Waals surface area contributed by atoms with Crippen LogP contribution in [-0.4, -0.2) is 45.0 Å². The van der Waals surface area contributed by atoms with E-state index < -0.39 is 11.9 Å². The van der Waals surface area contributed by atoms with Crippen molar-refractivity contribution in [3.05, 3.63) is 34.2 Å². The van der Waals surface area contributed by atoms with E-state index in [-0.39, 0.29) is 12.2 Å². The Morgan fingerprint density at radius 2 is 2.11 bits per heavy atom. The first-order chi connectivity index (χ1) is 8.90. The molecule has 100 valence electrons. The maximum atomic E-state index is 12.0. The number of aryl methyl sites for hydroxylation is 1. The Kier molecular flexibility index (Phi) is 3.12. The van der Waals surface area contributed by atoms with Crippen molar-refractivity contribution >= 4 is 22.9 Å². The number of hydrogen-bond donors (Lipinski definition) is 2. The van der Waals surface area contributed by atoms with E-state index in [1.165, 1.54) is 11.6 Å². The van der Waals surface area contributed by atoms with Gasteiger partial charge in [0.15, 0.2) is 0 Å². The molecule has 1 aromatic carbocycles. The Balaban J connectivity index is 2.40. The van der Waals surface area contributed by atoms with E-state index in [9.17, 15) is 14.4 Å². The lowest BCUT2D eigenvalue weighted by molar-refractivity contribution is -0.137. The Morgan fingerprint density at radius 1 is 1.42 bits per heavy atom. The highest BCUT2D eigenvalue weighted by molar-refractivity contribution is 5.98. The summed E-state index contributed by atoms with van der Waals surface area (Å²) >= 11 is 0. The van der Waals surface area contributed by atoms with Crippen molar-refractivity contribution in [2.75, 3.05) is 13.6 Å². The lowest BCUT2D eigenvalue weighted by Crippen LogP contribution is -2.31. The SMILES string of the molecule is CN(CC(=O)O)C(=O)c1ccc2[nH]c(=O)n(C)c2c1. The lowest BCUT2D eigenvalue weighted by Gasteiger charge is -2.14. The van der Waals surface area contributed by atoms with E-state index in [0.717, 1.165) is 4.90 Å². The number of nitrogens with one attached hydrogen (secondary N) is 1. The number of nitrogens with zero attached hydrogens (tertiary/aromatic N) is 2. The molecule has 1 aromatic heterocycles. The molecule has 2 N–H and O–H groups in total. The van der Waals surface area contributed by atoms with Gasteiger partial charge in [0.25, 0.3) is 5.91 Å². The van der Waals surface area contributed by atoms with E-state index in [4.69, 9.17) is 5.11 Å². The number of carboxylic acid groups (broad SMARTS) is 1. The summed E-state index contributed by atoms with van der Waals surface area (Å²) in [7, 11) is 3.01. The van der Waals surface area contributed by atoms with Crippen LogP contribution in [-0.2, 0) is 11.8 Å². The van der Waals surface area contributed by atoms with E-state index in [1.54, 1.807) is 25.2 Å². The average molecular weight is 263 g/mol. The fraction of sp³-hybridized carbons (Fsp3) is 0.250. The van der Waals surface area contributed by atoms with E-state index >= 15 is 0 Å². The molecule has 0 bridgehead atoms. The summed E-state index contributed by atoms with van der Waals surface area (Å²) in [4.78, 5) is 37.8. The van der Waals surface area contributed by atoms with Crippen LogP contribution >= 0.6 is 0 Å². The number of carboxylic acids is 1. The molecule has 0 aliphatic rings. The maximum Gasteiger partial charge on any atom is 0.326 e. The zero-order chi connectivity index (χ0) is 14.2. The normalized spacial score (nSPS) is 10.6. The molecule has 0 atom stereocenters. The first-order valence-corrected chi connectivity index (χ1v) is 5.56. The van der Waals surface area contributed by atoms with Crippen molar-refractivity contribution in [3.63, 3.8) is 0 Å². The predicted octanol–water partition coefficient (Wildman–Crippen LogP) is 0.0232. The van der Waals surface area contributed by atoms with Gasteiger partial charge < -0.3 is 15.0 Å². The van der Waals surface area contributed by atoms with Gasteiger partial charge in [0.2, 0.25) is 0 Å². The van der Waals surface area contributed by atoms with Crippen LogP contribution in [0.3, 0.4) is 0 Å². The van der Waals surface area contributed by atoms with Crippen molar-refractivity contribution in [3.8, 4) is 0 Å². The summed E-state index contributed by atoms with van der Waals surface area (Å²) in [6.45, 7) is -0.372. The van der Waals surface area contributed by atoms with Crippen LogP contribution in [0.15, 0.2) is 23.0 Å². The molecule has 0 fully saturated rings. The highest BCUT2D eigenvalue weighted by Crippen LogP contribution is 2.13. The van der Waals surface area contributed by atoms with Gasteiger partial charge in [-0.2, -0.15) is 0 Å². The highest BCUT2D eigenvalue weighted by atomic mass is 16.4. The quantitative estimate of drug-likeness (QED) is 0.816. The number of aromatic nitrogens is 2. The molecule has 0 radical (unpaired) electrons. The van der Waals surface area contributed by atoms with Gasteiger partial charge in [-0.25, -0.2) is 4.79 Å². The fourth-order valence-corrected chi connectivity index (χ4v) is 1.85. The van der Waals surface area contributed by atoms with Crippen LogP contribution in [0.2, 0.25) is 0 Å². The second-order valence-corrected chi connectivity index (χ2v) is 4.28. The number of imidazole rings is 1. The van der Waals surface area contributed by atoms with E-state index in [1.807, 2.05) is 0 Å². The number of benzene rings is 1. The lowest BCUT2D eigenvalue weighted by atomic mass is 10.1. The Morgan fingerprint density at radius 3 is 2.74 bits per heavy atom. The second kappa shape index (κ2) is 4.60. The maximum absolute atomic E-state index is 12.0. The fourth-order valence-electron chi connectivity index (χ4n) is 1.85. The van der Waals surface area contributed by atoms with Crippen molar-refractivity contribution in [2.45, 2.75) is 0 Å². The summed E-state index contributed by atoms with van der Waals surface area (Å²) in [6.07, 6.45) is 0. The Labute approximate surface area is 108 Å². The summed E-state index contributed by atoms with van der Waals surface area (Å²) in [6, 6.07) is 4.74. The molecule has 1 heterocycles. The monoisotopic (exact) mass is 263 g/mol. The van der Waals surface area contributed by atoms with E-state index in [2.05, 4.69) is 4.98 Å². The summed E-state index contributed by atoms with van der Waals surface area (Å²) in [5, 5.41) is 8.65. The van der Waals surface area contributed by atoms with Gasteiger partial charge in [-0.1, -0.05) is 0 Å². The topological polar surface area (TPSA) is 95.4 Å².